The van der Waals surface area contributed by atoms with Gasteiger partial charge < -0.3 is 19.1 Å². The van der Waals surface area contributed by atoms with Gasteiger partial charge in [0.1, 0.15) is 12.7 Å². The summed E-state index contributed by atoms with van der Waals surface area (Å²) in [7, 11) is -3.07. The van der Waals surface area contributed by atoms with E-state index in [1.54, 1.807) is 12.1 Å². The molecule has 120 valence electrons. The van der Waals surface area contributed by atoms with Gasteiger partial charge in [0.15, 0.2) is 21.8 Å². The highest BCUT2D eigenvalue weighted by Crippen LogP contribution is 2.27. The number of hydrogen-bond donors (Lipinski definition) is 1. The van der Waals surface area contributed by atoms with Gasteiger partial charge in [-0.1, -0.05) is 13.0 Å². The minimum atomic E-state index is -4.57. The van der Waals surface area contributed by atoms with Gasteiger partial charge in [-0.3, -0.25) is 0 Å². The molecule has 1 unspecified atom stereocenters. The molecule has 7 nitrogen and oxygen atoms in total. The zero-order chi connectivity index (χ0) is 16.0. The lowest BCUT2D eigenvalue weighted by atomic mass is 10.2. The highest BCUT2D eigenvalue weighted by atomic mass is 32.2. The summed E-state index contributed by atoms with van der Waals surface area (Å²) in [6.45, 7) is 2.96. The predicted octanol–water partition coefficient (Wildman–Crippen LogP) is 0.525. The minimum Gasteiger partial charge on any atom is -0.735 e. The second-order valence-corrected chi connectivity index (χ2v) is 5.90. The third kappa shape index (κ3) is 5.50. The Bertz CT molecular complexity index is 560. The maximum absolute atomic E-state index is 10.9. The third-order valence-electron chi connectivity index (χ3n) is 2.83. The lowest BCUT2D eigenvalue weighted by molar-refractivity contribution is 0.0866. The van der Waals surface area contributed by atoms with E-state index < -0.39 is 16.4 Å². The van der Waals surface area contributed by atoms with Crippen LogP contribution in [0, 0.1) is 6.92 Å². The van der Waals surface area contributed by atoms with E-state index in [-0.39, 0.29) is 19.7 Å². The summed E-state index contributed by atoms with van der Waals surface area (Å²) in [5.74, 6) is 0.959. The highest BCUT2D eigenvalue weighted by Gasteiger charge is 2.16. The van der Waals surface area contributed by atoms with Gasteiger partial charge in [0.25, 0.3) is 0 Å². The van der Waals surface area contributed by atoms with Crippen molar-refractivity contribution in [2.75, 3.05) is 26.8 Å². The molecule has 0 saturated heterocycles. The predicted molar refractivity (Wildman–Crippen MR) is 76.2 cm³/mol. The van der Waals surface area contributed by atoms with Crippen LogP contribution in [0.2, 0.25) is 0 Å². The Hall–Kier alpha value is -1.35. The summed E-state index contributed by atoms with van der Waals surface area (Å²) in [6, 6.07) is 5.30. The normalized spacial score (nSPS) is 13.2. The first-order valence-corrected chi connectivity index (χ1v) is 7.81. The van der Waals surface area contributed by atoms with E-state index >= 15 is 0 Å². The van der Waals surface area contributed by atoms with E-state index in [1.165, 1.54) is 14.0 Å². The molecule has 1 aromatic rings. The summed E-state index contributed by atoms with van der Waals surface area (Å²) in [5.41, 5.74) is 0.995. The number of rotatable bonds is 8. The van der Waals surface area contributed by atoms with Crippen LogP contribution >= 0.6 is 0 Å². The first-order chi connectivity index (χ1) is 9.77. The molecule has 0 fully saturated rings. The minimum absolute atomic E-state index is 0.00323. The number of nitrogens with zero attached hydrogens (tertiary/aromatic N) is 1. The molecule has 0 aliphatic heterocycles. The molecule has 0 radical (unpaired) electrons. The van der Waals surface area contributed by atoms with Crippen molar-refractivity contribution >= 4 is 10.3 Å². The lowest BCUT2D eigenvalue weighted by Crippen LogP contribution is -2.39. The maximum Gasteiger partial charge on any atom is 0.162 e. The summed E-state index contributed by atoms with van der Waals surface area (Å²) in [5, 5.41) is 9.78. The van der Waals surface area contributed by atoms with Crippen LogP contribution in [-0.2, 0) is 10.3 Å². The fourth-order valence-electron chi connectivity index (χ4n) is 1.75. The number of aliphatic hydroxyl groups is 1. The molecule has 1 aromatic carbocycles. The van der Waals surface area contributed by atoms with Gasteiger partial charge in [0, 0.05) is 13.1 Å². The Morgan fingerprint density at radius 1 is 1.38 bits per heavy atom. The summed E-state index contributed by atoms with van der Waals surface area (Å²) < 4.78 is 43.9. The van der Waals surface area contributed by atoms with Gasteiger partial charge in [-0.05, 0) is 24.6 Å². The number of aliphatic hydroxyl groups excluding tert-OH is 1. The van der Waals surface area contributed by atoms with Gasteiger partial charge >= 0.3 is 0 Å². The molecule has 21 heavy (non-hydrogen) atoms. The SMILES string of the molecule is CCN(CC(O)COc1ccc(C)cc1OC)S(=O)(=O)[O-]. The number of aryl methyl sites for hydroxylation is 1. The monoisotopic (exact) mass is 318 g/mol. The molecule has 1 rings (SSSR count). The van der Waals surface area contributed by atoms with Crippen molar-refractivity contribution in [1.29, 1.82) is 0 Å². The Balaban J connectivity index is 2.63. The largest absolute Gasteiger partial charge is 0.735 e. The summed E-state index contributed by atoms with van der Waals surface area (Å²) >= 11 is 0. The van der Waals surface area contributed by atoms with Crippen LogP contribution in [0.4, 0.5) is 0 Å². The van der Waals surface area contributed by atoms with Crippen LogP contribution in [0.15, 0.2) is 18.2 Å². The van der Waals surface area contributed by atoms with Crippen LogP contribution in [0.5, 0.6) is 11.5 Å². The molecule has 1 N–H and O–H groups in total. The number of hydrogen-bond acceptors (Lipinski definition) is 6. The highest BCUT2D eigenvalue weighted by molar-refractivity contribution is 7.83. The third-order valence-corrected chi connectivity index (χ3v) is 3.87. The van der Waals surface area contributed by atoms with Crippen molar-refractivity contribution in [2.45, 2.75) is 20.0 Å². The molecule has 0 saturated carbocycles. The summed E-state index contributed by atoms with van der Waals surface area (Å²) in [6.07, 6.45) is -1.11. The second kappa shape index (κ2) is 7.60. The topological polar surface area (TPSA) is 99.1 Å². The van der Waals surface area contributed by atoms with Crippen molar-refractivity contribution in [2.24, 2.45) is 0 Å². The van der Waals surface area contributed by atoms with E-state index in [2.05, 4.69) is 0 Å². The fourth-order valence-corrected chi connectivity index (χ4v) is 2.42. The van der Waals surface area contributed by atoms with Crippen molar-refractivity contribution in [3.8, 4) is 11.5 Å². The van der Waals surface area contributed by atoms with Gasteiger partial charge in [-0.2, -0.15) is 0 Å². The van der Waals surface area contributed by atoms with Crippen LogP contribution in [0.25, 0.3) is 0 Å². The molecule has 0 spiro atoms. The zero-order valence-electron chi connectivity index (χ0n) is 12.3. The first kappa shape index (κ1) is 17.7. The van der Waals surface area contributed by atoms with Crippen LogP contribution in [0.3, 0.4) is 0 Å². The standard InChI is InChI=1S/C13H21NO6S/c1-4-14(21(16,17)18)8-11(15)9-20-12-6-5-10(2)7-13(12)19-3/h5-7,11,15H,4,8-9H2,1-3H3,(H,16,17,18)/p-1. The lowest BCUT2D eigenvalue weighted by Gasteiger charge is -2.25. The zero-order valence-corrected chi connectivity index (χ0v) is 13.1. The van der Waals surface area contributed by atoms with Gasteiger partial charge in [0.05, 0.1) is 7.11 Å². The van der Waals surface area contributed by atoms with E-state index in [0.29, 0.717) is 15.8 Å². The van der Waals surface area contributed by atoms with Gasteiger partial charge in [-0.25, -0.2) is 12.7 Å². The average molecular weight is 318 g/mol. The molecular weight excluding hydrogens is 298 g/mol. The van der Waals surface area contributed by atoms with E-state index in [0.717, 1.165) is 5.56 Å². The Kier molecular flexibility index (Phi) is 6.41. The Morgan fingerprint density at radius 3 is 2.57 bits per heavy atom. The molecule has 0 aliphatic carbocycles. The quantitative estimate of drug-likeness (QED) is 0.702. The van der Waals surface area contributed by atoms with Crippen LogP contribution in [-0.4, -0.2) is 55.3 Å². The average Bonchev–Trinajstić information content (AvgIpc) is 2.41. The maximum atomic E-state index is 10.9. The number of benzene rings is 1. The second-order valence-electron chi connectivity index (χ2n) is 4.53. The number of ether oxygens (including phenoxy) is 2. The van der Waals surface area contributed by atoms with E-state index in [1.807, 2.05) is 13.0 Å². The van der Waals surface area contributed by atoms with Crippen molar-refractivity contribution in [3.63, 3.8) is 0 Å². The Labute approximate surface area is 125 Å². The van der Waals surface area contributed by atoms with Gasteiger partial charge in [-0.15, -0.1) is 0 Å². The molecule has 8 heteroatoms. The summed E-state index contributed by atoms with van der Waals surface area (Å²) in [4.78, 5) is 0. The smallest absolute Gasteiger partial charge is 0.162 e. The molecule has 0 bridgehead atoms. The van der Waals surface area contributed by atoms with Crippen molar-refractivity contribution in [3.05, 3.63) is 23.8 Å². The van der Waals surface area contributed by atoms with Gasteiger partial charge in [0.2, 0.25) is 0 Å². The van der Waals surface area contributed by atoms with E-state index in [9.17, 15) is 18.1 Å². The number of likely N-dealkylation sites (N-methyl/N-ethyl adjacent to an activating group) is 1. The molecule has 0 aromatic heterocycles. The molecular formula is C13H20NO6S-. The number of methoxy groups -OCH3 is 1. The Morgan fingerprint density at radius 2 is 2.05 bits per heavy atom. The van der Waals surface area contributed by atoms with Crippen LogP contribution in [0.1, 0.15) is 12.5 Å². The van der Waals surface area contributed by atoms with Crippen LogP contribution < -0.4 is 9.47 Å². The first-order valence-electron chi connectivity index (χ1n) is 6.44. The molecule has 0 heterocycles. The molecule has 0 amide bonds. The molecule has 1 atom stereocenters. The fraction of sp³-hybridized carbons (Fsp3) is 0.538. The van der Waals surface area contributed by atoms with Crippen molar-refractivity contribution < 1.29 is 27.6 Å². The molecule has 0 aliphatic rings. The van der Waals surface area contributed by atoms with E-state index in [4.69, 9.17) is 9.47 Å². The van der Waals surface area contributed by atoms with Crippen molar-refractivity contribution in [1.82, 2.24) is 4.31 Å².